The van der Waals surface area contributed by atoms with Gasteiger partial charge < -0.3 is 15.5 Å². The molecule has 2 aromatic rings. The van der Waals surface area contributed by atoms with Crippen molar-refractivity contribution in [3.05, 3.63) is 75.8 Å². The quantitative estimate of drug-likeness (QED) is 0.487. The molecule has 184 valence electrons. The molecule has 2 aliphatic rings. The van der Waals surface area contributed by atoms with Gasteiger partial charge in [0.25, 0.3) is 17.5 Å². The maximum atomic E-state index is 13.0. The molecule has 9 heteroatoms. The van der Waals surface area contributed by atoms with Gasteiger partial charge in [0.2, 0.25) is 5.91 Å². The molecular formula is C26H30N4O5. The first-order valence-electron chi connectivity index (χ1n) is 12.1. The summed E-state index contributed by atoms with van der Waals surface area (Å²) < 4.78 is 0. The molecule has 0 aromatic heterocycles. The van der Waals surface area contributed by atoms with E-state index >= 15 is 0 Å². The second kappa shape index (κ2) is 11.1. The fraction of sp³-hybridized carbons (Fsp3) is 0.423. The third kappa shape index (κ3) is 6.03. The van der Waals surface area contributed by atoms with Crippen LogP contribution in [0.2, 0.25) is 0 Å². The Morgan fingerprint density at radius 3 is 2.00 bits per heavy atom. The van der Waals surface area contributed by atoms with E-state index in [1.165, 1.54) is 24.3 Å². The number of carbonyl (C=O) groups is 3. The van der Waals surface area contributed by atoms with E-state index in [1.807, 2.05) is 18.2 Å². The van der Waals surface area contributed by atoms with Gasteiger partial charge in [0.05, 0.1) is 4.92 Å². The standard InChI is InChI=1S/C26H30N4O5/c31-24(18-6-2-1-3-7-18)27-22-8-4-5-9-23(22)28-25(32)19-14-16-29(17-15-19)26(33)20-10-12-21(13-11-20)30(34)35/h1-3,6-7,10-13,19,22-23H,4-5,8-9,14-17H2,(H,27,31)(H,28,32)/t22-,23-/m1/s1. The number of nitro benzene ring substituents is 1. The Morgan fingerprint density at radius 2 is 1.40 bits per heavy atom. The number of nitrogens with zero attached hydrogens (tertiary/aromatic N) is 2. The third-order valence-corrected chi connectivity index (χ3v) is 6.92. The Hall–Kier alpha value is -3.75. The SMILES string of the molecule is O=C(N[C@@H]1CCCC[C@H]1NC(=O)C1CCN(C(=O)c2ccc([N+](=O)[O-])cc2)CC1)c1ccccc1. The zero-order valence-electron chi connectivity index (χ0n) is 19.5. The van der Waals surface area contributed by atoms with Crippen LogP contribution in [0.1, 0.15) is 59.2 Å². The summed E-state index contributed by atoms with van der Waals surface area (Å²) in [6, 6.07) is 14.4. The first-order chi connectivity index (χ1) is 16.9. The summed E-state index contributed by atoms with van der Waals surface area (Å²) in [6.07, 6.45) is 4.77. The molecule has 0 unspecified atom stereocenters. The molecule has 0 radical (unpaired) electrons. The van der Waals surface area contributed by atoms with Crippen LogP contribution >= 0.6 is 0 Å². The largest absolute Gasteiger partial charge is 0.351 e. The second-order valence-corrected chi connectivity index (χ2v) is 9.22. The molecule has 3 amide bonds. The molecule has 35 heavy (non-hydrogen) atoms. The van der Waals surface area contributed by atoms with Crippen LogP contribution in [0.15, 0.2) is 54.6 Å². The highest BCUT2D eigenvalue weighted by atomic mass is 16.6. The first-order valence-corrected chi connectivity index (χ1v) is 12.1. The molecule has 1 saturated heterocycles. The van der Waals surface area contributed by atoms with E-state index in [1.54, 1.807) is 17.0 Å². The lowest BCUT2D eigenvalue weighted by Gasteiger charge is -2.36. The van der Waals surface area contributed by atoms with Crippen molar-refractivity contribution in [2.45, 2.75) is 50.6 Å². The molecule has 2 fully saturated rings. The number of benzene rings is 2. The Bertz CT molecular complexity index is 1060. The van der Waals surface area contributed by atoms with Gasteiger partial charge in [0.15, 0.2) is 0 Å². The molecular weight excluding hydrogens is 448 g/mol. The van der Waals surface area contributed by atoms with Crippen molar-refractivity contribution in [3.8, 4) is 0 Å². The lowest BCUT2D eigenvalue weighted by molar-refractivity contribution is -0.384. The summed E-state index contributed by atoms with van der Waals surface area (Å²) in [6.45, 7) is 0.902. The molecule has 9 nitrogen and oxygen atoms in total. The van der Waals surface area contributed by atoms with E-state index in [9.17, 15) is 24.5 Å². The number of nitro groups is 1. The highest BCUT2D eigenvalue weighted by Crippen LogP contribution is 2.23. The Balaban J connectivity index is 1.29. The number of piperidine rings is 1. The topological polar surface area (TPSA) is 122 Å². The number of nitrogens with one attached hydrogen (secondary N) is 2. The van der Waals surface area contributed by atoms with E-state index in [-0.39, 0.29) is 41.4 Å². The number of amides is 3. The van der Waals surface area contributed by atoms with Crippen molar-refractivity contribution < 1.29 is 19.3 Å². The van der Waals surface area contributed by atoms with Crippen LogP contribution in [-0.4, -0.2) is 52.7 Å². The van der Waals surface area contributed by atoms with E-state index < -0.39 is 4.92 Å². The number of hydrogen-bond acceptors (Lipinski definition) is 5. The molecule has 0 bridgehead atoms. The summed E-state index contributed by atoms with van der Waals surface area (Å²) in [4.78, 5) is 50.4. The van der Waals surface area contributed by atoms with Gasteiger partial charge in [-0.05, 0) is 49.9 Å². The number of non-ortho nitro benzene ring substituents is 1. The molecule has 2 aromatic carbocycles. The lowest BCUT2D eigenvalue weighted by atomic mass is 9.88. The second-order valence-electron chi connectivity index (χ2n) is 9.22. The predicted octanol–water partition coefficient (Wildman–Crippen LogP) is 3.30. The molecule has 0 spiro atoms. The van der Waals surface area contributed by atoms with Gasteiger partial charge >= 0.3 is 0 Å². The minimum Gasteiger partial charge on any atom is -0.351 e. The number of carbonyl (C=O) groups excluding carboxylic acids is 3. The van der Waals surface area contributed by atoms with Gasteiger partial charge in [-0.3, -0.25) is 24.5 Å². The van der Waals surface area contributed by atoms with Crippen molar-refractivity contribution in [2.24, 2.45) is 5.92 Å². The van der Waals surface area contributed by atoms with Crippen molar-refractivity contribution in [3.63, 3.8) is 0 Å². The van der Waals surface area contributed by atoms with Crippen LogP contribution in [0.25, 0.3) is 0 Å². The molecule has 1 heterocycles. The zero-order valence-corrected chi connectivity index (χ0v) is 19.5. The lowest BCUT2D eigenvalue weighted by Crippen LogP contribution is -2.55. The zero-order chi connectivity index (χ0) is 24.8. The predicted molar refractivity (Wildman–Crippen MR) is 130 cm³/mol. The van der Waals surface area contributed by atoms with E-state index in [4.69, 9.17) is 0 Å². The monoisotopic (exact) mass is 478 g/mol. The smallest absolute Gasteiger partial charge is 0.269 e. The van der Waals surface area contributed by atoms with Gasteiger partial charge in [-0.15, -0.1) is 0 Å². The van der Waals surface area contributed by atoms with Crippen molar-refractivity contribution >= 4 is 23.4 Å². The molecule has 2 N–H and O–H groups in total. The van der Waals surface area contributed by atoms with Gasteiger partial charge in [-0.1, -0.05) is 31.0 Å². The average Bonchev–Trinajstić information content (AvgIpc) is 2.90. The molecule has 4 rings (SSSR count). The van der Waals surface area contributed by atoms with Crippen molar-refractivity contribution in [2.75, 3.05) is 13.1 Å². The summed E-state index contributed by atoms with van der Waals surface area (Å²) >= 11 is 0. The number of hydrogen-bond donors (Lipinski definition) is 2. The van der Waals surface area contributed by atoms with Gasteiger partial charge in [0, 0.05) is 54.4 Å². The summed E-state index contributed by atoms with van der Waals surface area (Å²) in [5.74, 6) is -0.536. The average molecular weight is 479 g/mol. The van der Waals surface area contributed by atoms with Crippen LogP contribution in [0.3, 0.4) is 0 Å². The molecule has 1 aliphatic heterocycles. The third-order valence-electron chi connectivity index (χ3n) is 6.92. The number of likely N-dealkylation sites (tertiary alicyclic amines) is 1. The minimum absolute atomic E-state index is 0.0294. The maximum Gasteiger partial charge on any atom is 0.269 e. The fourth-order valence-electron chi connectivity index (χ4n) is 4.87. The van der Waals surface area contributed by atoms with Crippen molar-refractivity contribution in [1.29, 1.82) is 0 Å². The highest BCUT2D eigenvalue weighted by Gasteiger charge is 2.32. The van der Waals surface area contributed by atoms with Gasteiger partial charge in [-0.2, -0.15) is 0 Å². The molecule has 1 aliphatic carbocycles. The first kappa shape index (κ1) is 24.4. The Labute approximate surface area is 204 Å². The van der Waals surface area contributed by atoms with E-state index in [2.05, 4.69) is 10.6 Å². The minimum atomic E-state index is -0.498. The number of rotatable bonds is 6. The van der Waals surface area contributed by atoms with Crippen LogP contribution in [0.4, 0.5) is 5.69 Å². The Kier molecular flexibility index (Phi) is 7.74. The van der Waals surface area contributed by atoms with E-state index in [0.29, 0.717) is 37.1 Å². The maximum absolute atomic E-state index is 13.0. The normalized spacial score (nSPS) is 20.6. The summed E-state index contributed by atoms with van der Waals surface area (Å²) in [5, 5.41) is 17.1. The summed E-state index contributed by atoms with van der Waals surface area (Å²) in [7, 11) is 0. The summed E-state index contributed by atoms with van der Waals surface area (Å²) in [5.41, 5.74) is 0.948. The molecule has 2 atom stereocenters. The van der Waals surface area contributed by atoms with Gasteiger partial charge in [-0.25, -0.2) is 0 Å². The van der Waals surface area contributed by atoms with E-state index in [0.717, 1.165) is 25.7 Å². The van der Waals surface area contributed by atoms with Gasteiger partial charge in [0.1, 0.15) is 0 Å². The van der Waals surface area contributed by atoms with Crippen LogP contribution < -0.4 is 10.6 Å². The van der Waals surface area contributed by atoms with Crippen LogP contribution in [-0.2, 0) is 4.79 Å². The van der Waals surface area contributed by atoms with Crippen LogP contribution in [0, 0.1) is 16.0 Å². The molecule has 1 saturated carbocycles. The fourth-order valence-corrected chi connectivity index (χ4v) is 4.87. The Morgan fingerprint density at radius 1 is 0.800 bits per heavy atom. The highest BCUT2D eigenvalue weighted by molar-refractivity contribution is 5.95. The van der Waals surface area contributed by atoms with Crippen molar-refractivity contribution in [1.82, 2.24) is 15.5 Å². The van der Waals surface area contributed by atoms with Crippen LogP contribution in [0.5, 0.6) is 0 Å².